The first-order valence-corrected chi connectivity index (χ1v) is 5.11. The molecule has 4 nitrogen and oxygen atoms in total. The Morgan fingerprint density at radius 1 is 1.29 bits per heavy atom. The molecule has 0 aromatic heterocycles. The van der Waals surface area contributed by atoms with Crippen LogP contribution in [0.25, 0.3) is 0 Å². The number of carbonyl (C=O) groups excluding carboxylic acids is 1. The van der Waals surface area contributed by atoms with Crippen LogP contribution in [0.4, 0.5) is 4.79 Å². The van der Waals surface area contributed by atoms with Crippen LogP contribution in [0.15, 0.2) is 0 Å². The van der Waals surface area contributed by atoms with Gasteiger partial charge in [-0.1, -0.05) is 13.8 Å². The minimum Gasteiger partial charge on any atom is -0.434 e. The minimum absolute atomic E-state index is 0.418. The normalized spacial score (nSPS) is 10.3. The van der Waals surface area contributed by atoms with Crippen molar-refractivity contribution < 1.29 is 14.3 Å². The van der Waals surface area contributed by atoms with Gasteiger partial charge in [0.15, 0.2) is 0 Å². The van der Waals surface area contributed by atoms with E-state index in [4.69, 9.17) is 9.47 Å². The van der Waals surface area contributed by atoms with Gasteiger partial charge in [-0.15, -0.1) is 0 Å². The van der Waals surface area contributed by atoms with Gasteiger partial charge in [0.25, 0.3) is 0 Å². The smallest absolute Gasteiger partial charge is 0.434 e. The van der Waals surface area contributed by atoms with Crippen LogP contribution in [-0.4, -0.2) is 33.0 Å². The molecule has 0 aromatic rings. The lowest BCUT2D eigenvalue weighted by Crippen LogP contribution is -2.14. The maximum atomic E-state index is 10.9. The third-order valence-electron chi connectivity index (χ3n) is 1.71. The van der Waals surface area contributed by atoms with E-state index in [-0.39, 0.29) is 0 Å². The average molecular weight is 203 g/mol. The molecule has 4 heteroatoms. The molecule has 0 fully saturated rings. The van der Waals surface area contributed by atoms with E-state index < -0.39 is 6.16 Å². The Morgan fingerprint density at radius 2 is 1.93 bits per heavy atom. The van der Waals surface area contributed by atoms with Gasteiger partial charge in [0.2, 0.25) is 0 Å². The largest absolute Gasteiger partial charge is 0.508 e. The summed E-state index contributed by atoms with van der Waals surface area (Å²) in [5.74, 6) is 0.548. The topological polar surface area (TPSA) is 47.6 Å². The van der Waals surface area contributed by atoms with E-state index in [0.717, 1.165) is 19.4 Å². The quantitative estimate of drug-likeness (QED) is 0.506. The van der Waals surface area contributed by atoms with Crippen molar-refractivity contribution in [2.45, 2.75) is 26.7 Å². The molecule has 0 aliphatic rings. The number of ether oxygens (including phenoxy) is 2. The van der Waals surface area contributed by atoms with Crippen LogP contribution in [0.3, 0.4) is 0 Å². The summed E-state index contributed by atoms with van der Waals surface area (Å²) in [5.41, 5.74) is 0. The van der Waals surface area contributed by atoms with Gasteiger partial charge in [0, 0.05) is 0 Å². The van der Waals surface area contributed by atoms with Crippen molar-refractivity contribution in [3.05, 3.63) is 0 Å². The van der Waals surface area contributed by atoms with Crippen LogP contribution in [0.1, 0.15) is 26.7 Å². The number of hydrogen-bond acceptors (Lipinski definition) is 4. The summed E-state index contributed by atoms with van der Waals surface area (Å²) in [6.45, 7) is 5.88. The second-order valence-corrected chi connectivity index (χ2v) is 3.59. The average Bonchev–Trinajstić information content (AvgIpc) is 2.12. The van der Waals surface area contributed by atoms with Gasteiger partial charge in [-0.2, -0.15) is 0 Å². The molecule has 0 saturated heterocycles. The predicted octanol–water partition coefficient (Wildman–Crippen LogP) is 1.80. The van der Waals surface area contributed by atoms with E-state index in [1.54, 1.807) is 0 Å². The van der Waals surface area contributed by atoms with Crippen molar-refractivity contribution in [2.24, 2.45) is 5.92 Å². The highest BCUT2D eigenvalue weighted by molar-refractivity contribution is 5.59. The molecular formula is C10H21NO3. The highest BCUT2D eigenvalue weighted by Gasteiger charge is 2.03. The van der Waals surface area contributed by atoms with Gasteiger partial charge in [0.1, 0.15) is 0 Å². The lowest BCUT2D eigenvalue weighted by molar-refractivity contribution is 0.0518. The van der Waals surface area contributed by atoms with Gasteiger partial charge in [-0.3, -0.25) is 0 Å². The molecular weight excluding hydrogens is 182 g/mol. The molecule has 0 heterocycles. The lowest BCUT2D eigenvalue weighted by atomic mass is 10.1. The zero-order valence-electron chi connectivity index (χ0n) is 9.34. The molecule has 0 unspecified atom stereocenters. The molecule has 0 radical (unpaired) electrons. The van der Waals surface area contributed by atoms with Crippen LogP contribution >= 0.6 is 0 Å². The molecule has 84 valence electrons. The molecule has 0 aliphatic carbocycles. The molecule has 0 bridgehead atoms. The summed E-state index contributed by atoms with van der Waals surface area (Å²) < 4.78 is 9.68. The maximum absolute atomic E-state index is 10.9. The first-order chi connectivity index (χ1) is 6.66. The maximum Gasteiger partial charge on any atom is 0.508 e. The highest BCUT2D eigenvalue weighted by atomic mass is 16.7. The minimum atomic E-state index is -0.554. The molecule has 0 atom stereocenters. The Labute approximate surface area is 86.0 Å². The van der Waals surface area contributed by atoms with E-state index in [1.165, 1.54) is 0 Å². The molecule has 0 rings (SSSR count). The predicted molar refractivity (Wildman–Crippen MR) is 55.3 cm³/mol. The first-order valence-electron chi connectivity index (χ1n) is 5.11. The Bertz CT molecular complexity index is 148. The Morgan fingerprint density at radius 3 is 2.50 bits per heavy atom. The van der Waals surface area contributed by atoms with Crippen molar-refractivity contribution in [2.75, 3.05) is 26.8 Å². The van der Waals surface area contributed by atoms with E-state index in [9.17, 15) is 4.79 Å². The van der Waals surface area contributed by atoms with Crippen LogP contribution in [0, 0.1) is 5.92 Å². The van der Waals surface area contributed by atoms with Crippen molar-refractivity contribution in [1.29, 1.82) is 0 Å². The SMILES string of the molecule is CNCCCOC(=O)OCCC(C)C. The third-order valence-corrected chi connectivity index (χ3v) is 1.71. The lowest BCUT2D eigenvalue weighted by Gasteiger charge is -2.07. The molecule has 0 saturated carbocycles. The van der Waals surface area contributed by atoms with Crippen molar-refractivity contribution in [1.82, 2.24) is 5.32 Å². The number of rotatable bonds is 7. The first kappa shape index (κ1) is 13.2. The molecule has 0 spiro atoms. The van der Waals surface area contributed by atoms with Crippen LogP contribution in [0.5, 0.6) is 0 Å². The molecule has 0 aromatic carbocycles. The zero-order valence-corrected chi connectivity index (χ0v) is 9.34. The highest BCUT2D eigenvalue weighted by Crippen LogP contribution is 1.99. The van der Waals surface area contributed by atoms with E-state index in [2.05, 4.69) is 19.2 Å². The van der Waals surface area contributed by atoms with Gasteiger partial charge in [-0.25, -0.2) is 4.79 Å². The third kappa shape index (κ3) is 9.32. The molecule has 1 N–H and O–H groups in total. The summed E-state index contributed by atoms with van der Waals surface area (Å²) in [6.07, 6.45) is 1.14. The fourth-order valence-electron chi connectivity index (χ4n) is 0.824. The van der Waals surface area contributed by atoms with Crippen molar-refractivity contribution in [3.8, 4) is 0 Å². The Kier molecular flexibility index (Phi) is 8.33. The van der Waals surface area contributed by atoms with E-state index in [1.807, 2.05) is 7.05 Å². The van der Waals surface area contributed by atoms with Gasteiger partial charge >= 0.3 is 6.16 Å². The summed E-state index contributed by atoms with van der Waals surface area (Å²) in [5, 5.41) is 2.97. The fraction of sp³-hybridized carbons (Fsp3) is 0.900. The Balaban J connectivity index is 3.20. The van der Waals surface area contributed by atoms with Gasteiger partial charge in [-0.05, 0) is 32.4 Å². The van der Waals surface area contributed by atoms with Crippen molar-refractivity contribution in [3.63, 3.8) is 0 Å². The standard InChI is InChI=1S/C10H21NO3/c1-9(2)5-8-14-10(12)13-7-4-6-11-3/h9,11H,4-8H2,1-3H3. The second-order valence-electron chi connectivity index (χ2n) is 3.59. The second kappa shape index (κ2) is 8.81. The molecule has 0 aliphatic heterocycles. The number of hydrogen-bond donors (Lipinski definition) is 1. The van der Waals surface area contributed by atoms with E-state index >= 15 is 0 Å². The monoisotopic (exact) mass is 203 g/mol. The fourth-order valence-corrected chi connectivity index (χ4v) is 0.824. The number of carbonyl (C=O) groups is 1. The van der Waals surface area contributed by atoms with E-state index in [0.29, 0.717) is 19.1 Å². The summed E-state index contributed by atoms with van der Waals surface area (Å²) in [6, 6.07) is 0. The zero-order chi connectivity index (χ0) is 10.8. The van der Waals surface area contributed by atoms with Crippen LogP contribution in [0.2, 0.25) is 0 Å². The summed E-state index contributed by atoms with van der Waals surface area (Å²) in [4.78, 5) is 10.9. The molecule has 0 amide bonds. The van der Waals surface area contributed by atoms with Crippen molar-refractivity contribution >= 4 is 6.16 Å². The Hall–Kier alpha value is -0.770. The summed E-state index contributed by atoms with van der Waals surface area (Å²) in [7, 11) is 1.86. The van der Waals surface area contributed by atoms with Gasteiger partial charge < -0.3 is 14.8 Å². The van der Waals surface area contributed by atoms with Crippen LogP contribution in [-0.2, 0) is 9.47 Å². The molecule has 14 heavy (non-hydrogen) atoms. The van der Waals surface area contributed by atoms with Crippen LogP contribution < -0.4 is 5.32 Å². The summed E-state index contributed by atoms with van der Waals surface area (Å²) >= 11 is 0. The number of nitrogens with one attached hydrogen (secondary N) is 1. The van der Waals surface area contributed by atoms with Gasteiger partial charge in [0.05, 0.1) is 13.2 Å².